The van der Waals surface area contributed by atoms with E-state index in [9.17, 15) is 9.90 Å². The number of hydrogen-bond acceptors (Lipinski definition) is 3. The van der Waals surface area contributed by atoms with E-state index in [0.717, 1.165) is 29.7 Å². The van der Waals surface area contributed by atoms with Gasteiger partial charge in [-0.05, 0) is 30.0 Å². The van der Waals surface area contributed by atoms with Crippen molar-refractivity contribution in [2.45, 2.75) is 25.8 Å². The molecule has 2 aromatic carbocycles. The first-order chi connectivity index (χ1) is 10.7. The van der Waals surface area contributed by atoms with Crippen LogP contribution in [-0.2, 0) is 17.8 Å². The number of methoxy groups -OCH3 is 1. The van der Waals surface area contributed by atoms with E-state index in [2.05, 4.69) is 0 Å². The molecule has 0 radical (unpaired) electrons. The van der Waals surface area contributed by atoms with Crippen molar-refractivity contribution in [3.63, 3.8) is 0 Å². The molecule has 0 aromatic heterocycles. The summed E-state index contributed by atoms with van der Waals surface area (Å²) in [6.07, 6.45) is 2.09. The smallest absolute Gasteiger partial charge is 0.227 e. The molecule has 1 aliphatic heterocycles. The van der Waals surface area contributed by atoms with Crippen LogP contribution in [-0.4, -0.2) is 18.1 Å². The third-order valence-corrected chi connectivity index (χ3v) is 3.99. The molecular weight excluding hydrogens is 278 g/mol. The molecule has 0 bridgehead atoms. The number of phenols is 1. The second kappa shape index (κ2) is 6.10. The maximum atomic E-state index is 12.5. The minimum Gasteiger partial charge on any atom is -0.504 e. The SMILES string of the molecule is COc1cc2c(cc1O)CCCC(=O)N2Cc1ccccc1. The summed E-state index contributed by atoms with van der Waals surface area (Å²) in [4.78, 5) is 14.3. The molecule has 1 aliphatic rings. The molecule has 3 rings (SSSR count). The van der Waals surface area contributed by atoms with Gasteiger partial charge in [0.1, 0.15) is 0 Å². The van der Waals surface area contributed by atoms with E-state index in [1.165, 1.54) is 7.11 Å². The van der Waals surface area contributed by atoms with Gasteiger partial charge in [-0.2, -0.15) is 0 Å². The van der Waals surface area contributed by atoms with E-state index < -0.39 is 0 Å². The minimum atomic E-state index is 0.107. The fraction of sp³-hybridized carbons (Fsp3) is 0.278. The fourth-order valence-electron chi connectivity index (χ4n) is 2.85. The van der Waals surface area contributed by atoms with Gasteiger partial charge in [0.2, 0.25) is 5.91 Å². The number of nitrogens with zero attached hydrogens (tertiary/aromatic N) is 1. The number of rotatable bonds is 3. The lowest BCUT2D eigenvalue weighted by Crippen LogP contribution is -2.29. The van der Waals surface area contributed by atoms with Gasteiger partial charge in [0, 0.05) is 12.5 Å². The summed E-state index contributed by atoms with van der Waals surface area (Å²) in [6.45, 7) is 0.528. The lowest BCUT2D eigenvalue weighted by atomic mass is 10.1. The molecule has 0 saturated carbocycles. The highest BCUT2D eigenvalue weighted by molar-refractivity contribution is 5.95. The number of ether oxygens (including phenoxy) is 1. The average molecular weight is 297 g/mol. The number of aryl methyl sites for hydroxylation is 1. The van der Waals surface area contributed by atoms with Crippen LogP contribution in [0.5, 0.6) is 11.5 Å². The second-order valence-electron chi connectivity index (χ2n) is 5.47. The Bertz CT molecular complexity index is 682. The molecule has 0 spiro atoms. The number of carbonyl (C=O) groups is 1. The van der Waals surface area contributed by atoms with Gasteiger partial charge in [0.05, 0.1) is 19.3 Å². The van der Waals surface area contributed by atoms with E-state index in [1.807, 2.05) is 30.3 Å². The standard InChI is InChI=1S/C18H19NO3/c1-22-17-11-15-14(10-16(17)20)8-5-9-18(21)19(15)12-13-6-3-2-4-7-13/h2-4,6-7,10-11,20H,5,8-9,12H2,1H3. The lowest BCUT2D eigenvalue weighted by Gasteiger charge is -2.24. The lowest BCUT2D eigenvalue weighted by molar-refractivity contribution is -0.118. The predicted octanol–water partition coefficient (Wildman–Crippen LogP) is 3.27. The summed E-state index contributed by atoms with van der Waals surface area (Å²) in [5.74, 6) is 0.622. The molecule has 0 atom stereocenters. The fourth-order valence-corrected chi connectivity index (χ4v) is 2.85. The zero-order chi connectivity index (χ0) is 15.5. The third kappa shape index (κ3) is 2.77. The summed E-state index contributed by atoms with van der Waals surface area (Å²) in [6, 6.07) is 13.4. The Balaban J connectivity index is 2.03. The monoisotopic (exact) mass is 297 g/mol. The van der Waals surface area contributed by atoms with Crippen LogP contribution < -0.4 is 9.64 Å². The zero-order valence-electron chi connectivity index (χ0n) is 12.6. The Morgan fingerprint density at radius 1 is 1.18 bits per heavy atom. The van der Waals surface area contributed by atoms with Gasteiger partial charge in [0.25, 0.3) is 0 Å². The number of carbonyl (C=O) groups excluding carboxylic acids is 1. The number of hydrogen-bond donors (Lipinski definition) is 1. The molecule has 4 heteroatoms. The van der Waals surface area contributed by atoms with Crippen LogP contribution in [0.15, 0.2) is 42.5 Å². The quantitative estimate of drug-likeness (QED) is 0.946. The van der Waals surface area contributed by atoms with Crippen LogP contribution in [0.25, 0.3) is 0 Å². The van der Waals surface area contributed by atoms with Gasteiger partial charge in [-0.15, -0.1) is 0 Å². The van der Waals surface area contributed by atoms with Gasteiger partial charge >= 0.3 is 0 Å². The molecule has 0 fully saturated rings. The molecule has 1 N–H and O–H groups in total. The Morgan fingerprint density at radius 2 is 1.95 bits per heavy atom. The second-order valence-corrected chi connectivity index (χ2v) is 5.47. The number of amides is 1. The van der Waals surface area contributed by atoms with Crippen LogP contribution in [0.3, 0.4) is 0 Å². The number of benzene rings is 2. The summed E-state index contributed by atoms with van der Waals surface area (Å²) < 4.78 is 5.20. The molecule has 2 aromatic rings. The van der Waals surface area contributed by atoms with Crippen molar-refractivity contribution in [2.75, 3.05) is 12.0 Å². The van der Waals surface area contributed by atoms with E-state index in [1.54, 1.807) is 17.0 Å². The summed E-state index contributed by atoms with van der Waals surface area (Å²) in [7, 11) is 1.52. The molecule has 0 saturated heterocycles. The van der Waals surface area contributed by atoms with Crippen LogP contribution in [0.4, 0.5) is 5.69 Å². The van der Waals surface area contributed by atoms with Crippen molar-refractivity contribution < 1.29 is 14.6 Å². The predicted molar refractivity (Wildman–Crippen MR) is 85.2 cm³/mol. The molecule has 114 valence electrons. The Kier molecular flexibility index (Phi) is 4.00. The van der Waals surface area contributed by atoms with Crippen molar-refractivity contribution in [3.05, 3.63) is 53.6 Å². The topological polar surface area (TPSA) is 49.8 Å². The number of phenolic OH excluding ortho intramolecular Hbond substituents is 1. The highest BCUT2D eigenvalue weighted by atomic mass is 16.5. The normalized spacial score (nSPS) is 14.4. The van der Waals surface area contributed by atoms with Gasteiger partial charge in [-0.25, -0.2) is 0 Å². The van der Waals surface area contributed by atoms with E-state index in [0.29, 0.717) is 18.7 Å². The van der Waals surface area contributed by atoms with E-state index in [-0.39, 0.29) is 11.7 Å². The van der Waals surface area contributed by atoms with Crippen molar-refractivity contribution in [2.24, 2.45) is 0 Å². The first-order valence-corrected chi connectivity index (χ1v) is 7.43. The van der Waals surface area contributed by atoms with Gasteiger partial charge < -0.3 is 14.7 Å². The van der Waals surface area contributed by atoms with Crippen LogP contribution in [0, 0.1) is 0 Å². The maximum absolute atomic E-state index is 12.5. The summed E-state index contributed by atoms with van der Waals surface area (Å²) in [5.41, 5.74) is 2.90. The minimum absolute atomic E-state index is 0.107. The molecule has 0 aliphatic carbocycles. The average Bonchev–Trinajstić information content (AvgIpc) is 2.67. The molecule has 1 amide bonds. The molecule has 22 heavy (non-hydrogen) atoms. The van der Waals surface area contributed by atoms with Crippen LogP contribution in [0.1, 0.15) is 24.0 Å². The molecular formula is C18H19NO3. The van der Waals surface area contributed by atoms with Gasteiger partial charge in [-0.1, -0.05) is 30.3 Å². The van der Waals surface area contributed by atoms with Crippen molar-refractivity contribution in [1.82, 2.24) is 0 Å². The largest absolute Gasteiger partial charge is 0.504 e. The van der Waals surface area contributed by atoms with Crippen molar-refractivity contribution >= 4 is 11.6 Å². The van der Waals surface area contributed by atoms with Crippen molar-refractivity contribution in [3.8, 4) is 11.5 Å². The summed E-state index contributed by atoms with van der Waals surface area (Å²) >= 11 is 0. The van der Waals surface area contributed by atoms with Gasteiger partial charge in [-0.3, -0.25) is 4.79 Å². The number of aromatic hydroxyl groups is 1. The molecule has 1 heterocycles. The maximum Gasteiger partial charge on any atom is 0.227 e. The molecule has 0 unspecified atom stereocenters. The van der Waals surface area contributed by atoms with E-state index >= 15 is 0 Å². The van der Waals surface area contributed by atoms with Crippen LogP contribution >= 0.6 is 0 Å². The number of fused-ring (bicyclic) bond motifs is 1. The van der Waals surface area contributed by atoms with E-state index in [4.69, 9.17) is 4.74 Å². The highest BCUT2D eigenvalue weighted by Gasteiger charge is 2.24. The van der Waals surface area contributed by atoms with Crippen molar-refractivity contribution in [1.29, 1.82) is 0 Å². The zero-order valence-corrected chi connectivity index (χ0v) is 12.6. The van der Waals surface area contributed by atoms with Crippen LogP contribution in [0.2, 0.25) is 0 Å². The first kappa shape index (κ1) is 14.4. The Labute approximate surface area is 130 Å². The number of anilines is 1. The molecule has 4 nitrogen and oxygen atoms in total. The Hall–Kier alpha value is -2.49. The first-order valence-electron chi connectivity index (χ1n) is 7.43. The summed E-state index contributed by atoms with van der Waals surface area (Å²) in [5, 5.41) is 9.97. The Morgan fingerprint density at radius 3 is 2.68 bits per heavy atom. The van der Waals surface area contributed by atoms with Gasteiger partial charge in [0.15, 0.2) is 11.5 Å². The third-order valence-electron chi connectivity index (χ3n) is 3.99. The highest BCUT2D eigenvalue weighted by Crippen LogP contribution is 2.37.